The van der Waals surface area contributed by atoms with Crippen molar-refractivity contribution in [2.24, 2.45) is 0 Å². The predicted molar refractivity (Wildman–Crippen MR) is 72.5 cm³/mol. The van der Waals surface area contributed by atoms with Crippen molar-refractivity contribution in [1.82, 2.24) is 20.2 Å². The molecule has 0 radical (unpaired) electrons. The van der Waals surface area contributed by atoms with Crippen LogP contribution in [0.2, 0.25) is 0 Å². The van der Waals surface area contributed by atoms with Crippen LogP contribution in [0, 0.1) is 11.8 Å². The fraction of sp³-hybridized carbons (Fsp3) is 0.182. The van der Waals surface area contributed by atoms with Gasteiger partial charge in [0.1, 0.15) is 4.90 Å². The van der Waals surface area contributed by atoms with E-state index in [1.807, 2.05) is 18.9 Å². The molecular formula is C11H11F5N4OS. The molecule has 1 N–H and O–H groups in total. The molecule has 1 aromatic heterocycles. The Morgan fingerprint density at radius 3 is 2.14 bits per heavy atom. The molecular weight excluding hydrogens is 331 g/mol. The maximum absolute atomic E-state index is 12.5. The zero-order valence-corrected chi connectivity index (χ0v) is 12.2. The SMILES string of the molecule is CC#CC.O=c1[nH]nnn1-c1cccc(S(F)(F)(F)(F)F)c1. The number of benzene rings is 1. The molecule has 0 fully saturated rings. The topological polar surface area (TPSA) is 63.6 Å². The number of rotatable bonds is 2. The fourth-order valence-electron chi connectivity index (χ4n) is 1.22. The van der Waals surface area contributed by atoms with E-state index >= 15 is 0 Å². The van der Waals surface area contributed by atoms with Crippen LogP contribution in [0.5, 0.6) is 0 Å². The van der Waals surface area contributed by atoms with Gasteiger partial charge < -0.3 is 0 Å². The highest BCUT2D eigenvalue weighted by molar-refractivity contribution is 8.45. The van der Waals surface area contributed by atoms with Gasteiger partial charge in [-0.25, -0.2) is 9.89 Å². The van der Waals surface area contributed by atoms with E-state index in [4.69, 9.17) is 0 Å². The molecule has 11 heteroatoms. The average Bonchev–Trinajstić information content (AvgIpc) is 2.83. The average molecular weight is 342 g/mol. The lowest BCUT2D eigenvalue weighted by atomic mass is 10.3. The molecule has 0 saturated heterocycles. The van der Waals surface area contributed by atoms with E-state index in [-0.39, 0.29) is 12.1 Å². The van der Waals surface area contributed by atoms with Crippen molar-refractivity contribution in [3.8, 4) is 17.5 Å². The summed E-state index contributed by atoms with van der Waals surface area (Å²) in [5.74, 6) is 5.36. The molecule has 1 heterocycles. The zero-order valence-electron chi connectivity index (χ0n) is 11.4. The highest BCUT2D eigenvalue weighted by Crippen LogP contribution is 3.02. The summed E-state index contributed by atoms with van der Waals surface area (Å²) in [5, 5.41) is 8.03. The van der Waals surface area contributed by atoms with Crippen molar-refractivity contribution < 1.29 is 19.4 Å². The third-order valence-electron chi connectivity index (χ3n) is 2.23. The quantitative estimate of drug-likeness (QED) is 0.669. The highest BCUT2D eigenvalue weighted by Gasteiger charge is 2.65. The maximum atomic E-state index is 12.5. The first-order chi connectivity index (χ1) is 9.88. The predicted octanol–water partition coefficient (Wildman–Crippen LogP) is 3.64. The Morgan fingerprint density at radius 1 is 1.14 bits per heavy atom. The largest absolute Gasteiger partial charge is 0.365 e. The Morgan fingerprint density at radius 2 is 1.73 bits per heavy atom. The van der Waals surface area contributed by atoms with Gasteiger partial charge in [0, 0.05) is 0 Å². The third kappa shape index (κ3) is 4.59. The molecule has 0 atom stereocenters. The smallest absolute Gasteiger partial charge is 0.244 e. The number of aromatic amines is 1. The molecule has 0 aliphatic rings. The molecule has 0 bridgehead atoms. The molecule has 2 rings (SSSR count). The maximum Gasteiger partial charge on any atom is 0.365 e. The van der Waals surface area contributed by atoms with Gasteiger partial charge in [-0.05, 0) is 42.5 Å². The summed E-state index contributed by atoms with van der Waals surface area (Å²) in [7, 11) is -9.77. The Labute approximate surface area is 121 Å². The number of halogens is 5. The van der Waals surface area contributed by atoms with Crippen molar-refractivity contribution in [2.45, 2.75) is 18.7 Å². The van der Waals surface area contributed by atoms with E-state index in [9.17, 15) is 24.2 Å². The number of hydrogen-bond acceptors (Lipinski definition) is 3. The number of hydrogen-bond donors (Lipinski definition) is 1. The van der Waals surface area contributed by atoms with Crippen molar-refractivity contribution in [3.63, 3.8) is 0 Å². The van der Waals surface area contributed by atoms with Gasteiger partial charge in [0.2, 0.25) is 0 Å². The molecule has 0 unspecified atom stereocenters. The molecule has 2 aromatic rings. The van der Waals surface area contributed by atoms with Gasteiger partial charge in [-0.15, -0.1) is 11.8 Å². The van der Waals surface area contributed by atoms with Crippen molar-refractivity contribution in [1.29, 1.82) is 0 Å². The summed E-state index contributed by atoms with van der Waals surface area (Å²) in [6, 6.07) is 2.16. The highest BCUT2D eigenvalue weighted by atomic mass is 32.5. The van der Waals surface area contributed by atoms with Crippen LogP contribution in [0.4, 0.5) is 19.4 Å². The lowest BCUT2D eigenvalue weighted by Crippen LogP contribution is -2.16. The standard InChI is InChI=1S/C7H5F5N4OS.C4H6/c8-18(9,10,11,12)6-3-1-2-5(4-6)16-7(17)13-14-15-16;1-3-4-2/h1-4H,(H,13,15,17);1-2H3. The van der Waals surface area contributed by atoms with Crippen molar-refractivity contribution >= 4 is 10.2 Å². The first-order valence-corrected chi connectivity index (χ1v) is 7.52. The molecule has 1 aromatic carbocycles. The number of tetrazole rings is 1. The monoisotopic (exact) mass is 342 g/mol. The lowest BCUT2D eigenvalue weighted by Gasteiger charge is -2.40. The minimum Gasteiger partial charge on any atom is -0.244 e. The van der Waals surface area contributed by atoms with Crippen LogP contribution in [-0.2, 0) is 0 Å². The van der Waals surface area contributed by atoms with Crippen LogP contribution >= 0.6 is 10.2 Å². The van der Waals surface area contributed by atoms with E-state index in [1.165, 1.54) is 0 Å². The van der Waals surface area contributed by atoms with E-state index in [2.05, 4.69) is 22.3 Å². The van der Waals surface area contributed by atoms with Crippen molar-refractivity contribution in [3.05, 3.63) is 34.7 Å². The van der Waals surface area contributed by atoms with Crippen LogP contribution in [0.25, 0.3) is 5.69 Å². The molecule has 0 aliphatic heterocycles. The summed E-state index contributed by atoms with van der Waals surface area (Å²) in [5.41, 5.74) is -1.39. The van der Waals surface area contributed by atoms with Crippen LogP contribution in [0.1, 0.15) is 13.8 Å². The number of nitrogens with one attached hydrogen (secondary N) is 1. The summed E-state index contributed by atoms with van der Waals surface area (Å²) in [4.78, 5) is 8.97. The number of H-pyrrole nitrogens is 1. The van der Waals surface area contributed by atoms with Gasteiger partial charge in [-0.3, -0.25) is 0 Å². The van der Waals surface area contributed by atoms with E-state index in [1.54, 1.807) is 0 Å². The third-order valence-corrected chi connectivity index (χ3v) is 3.37. The van der Waals surface area contributed by atoms with Crippen molar-refractivity contribution in [2.75, 3.05) is 0 Å². The van der Waals surface area contributed by atoms with Crippen LogP contribution in [0.15, 0.2) is 34.0 Å². The molecule has 22 heavy (non-hydrogen) atoms. The minimum absolute atomic E-state index is 0.144. The molecule has 0 spiro atoms. The summed E-state index contributed by atoms with van der Waals surface area (Å²) < 4.78 is 63.1. The lowest BCUT2D eigenvalue weighted by molar-refractivity contribution is 0.364. The molecule has 0 amide bonds. The minimum atomic E-state index is -9.77. The van der Waals surface area contributed by atoms with E-state index in [0.717, 1.165) is 12.1 Å². The van der Waals surface area contributed by atoms with E-state index < -0.39 is 26.5 Å². The first-order valence-electron chi connectivity index (χ1n) is 5.57. The van der Waals surface area contributed by atoms with Gasteiger partial charge in [0.25, 0.3) is 0 Å². The van der Waals surface area contributed by atoms with Gasteiger partial charge in [0.15, 0.2) is 0 Å². The van der Waals surface area contributed by atoms with Gasteiger partial charge in [0.05, 0.1) is 5.69 Å². The summed E-state index contributed by atoms with van der Waals surface area (Å²) in [6.07, 6.45) is 0. The normalized spacial score (nSPS) is 13.8. The Bertz CT molecular complexity index is 779. The van der Waals surface area contributed by atoms with Gasteiger partial charge in [-0.2, -0.15) is 4.68 Å². The van der Waals surface area contributed by atoms with E-state index in [0.29, 0.717) is 4.68 Å². The fourth-order valence-corrected chi connectivity index (χ4v) is 1.90. The second-order valence-corrected chi connectivity index (χ2v) is 6.29. The van der Waals surface area contributed by atoms with Crippen LogP contribution in [0.3, 0.4) is 0 Å². The van der Waals surface area contributed by atoms with Crippen LogP contribution < -0.4 is 5.69 Å². The number of nitrogens with zero attached hydrogens (tertiary/aromatic N) is 3. The second-order valence-electron chi connectivity index (χ2n) is 3.88. The Kier molecular flexibility index (Phi) is 4.13. The second kappa shape index (κ2) is 5.13. The van der Waals surface area contributed by atoms with Gasteiger partial charge >= 0.3 is 15.9 Å². The number of aromatic nitrogens is 4. The molecule has 5 nitrogen and oxygen atoms in total. The van der Waals surface area contributed by atoms with Gasteiger partial charge in [-0.1, -0.05) is 25.5 Å². The first kappa shape index (κ1) is 17.7. The Balaban J connectivity index is 0.000000541. The molecule has 0 aliphatic carbocycles. The Hall–Kier alpha value is -2.35. The molecule has 0 saturated carbocycles. The van der Waals surface area contributed by atoms with Crippen LogP contribution in [-0.4, -0.2) is 20.2 Å². The zero-order chi connectivity index (χ0) is 17.1. The summed E-state index contributed by atoms with van der Waals surface area (Å²) in [6.45, 7) is 3.64. The summed E-state index contributed by atoms with van der Waals surface area (Å²) >= 11 is 0. The molecule has 122 valence electrons.